The van der Waals surface area contributed by atoms with Crippen molar-refractivity contribution in [3.05, 3.63) is 70.4 Å². The second-order valence-electron chi connectivity index (χ2n) is 7.03. The van der Waals surface area contributed by atoms with Gasteiger partial charge < -0.3 is 9.72 Å². The quantitative estimate of drug-likeness (QED) is 0.603. The van der Waals surface area contributed by atoms with Gasteiger partial charge in [0.2, 0.25) is 0 Å². The lowest BCUT2D eigenvalue weighted by molar-refractivity contribution is -0.128. The first kappa shape index (κ1) is 20.4. The number of halogens is 1. The van der Waals surface area contributed by atoms with Gasteiger partial charge in [-0.05, 0) is 62.6 Å². The fraction of sp³-hybridized carbons (Fsp3) is 0.348. The number of carbonyl (C=O) groups is 1. The van der Waals surface area contributed by atoms with Crippen LogP contribution in [0.15, 0.2) is 48.5 Å². The van der Waals surface area contributed by atoms with E-state index in [1.807, 2.05) is 6.07 Å². The van der Waals surface area contributed by atoms with Crippen LogP contribution in [0.1, 0.15) is 36.2 Å². The molecule has 4 nitrogen and oxygen atoms in total. The Labute approximate surface area is 171 Å². The van der Waals surface area contributed by atoms with Gasteiger partial charge in [-0.15, -0.1) is 0 Å². The zero-order chi connectivity index (χ0) is 19.9. The van der Waals surface area contributed by atoms with Gasteiger partial charge in [0, 0.05) is 28.2 Å². The lowest BCUT2D eigenvalue weighted by atomic mass is 9.93. The summed E-state index contributed by atoms with van der Waals surface area (Å²) in [6.07, 6.45) is 3.33. The van der Waals surface area contributed by atoms with Crippen LogP contribution in [-0.4, -0.2) is 36.6 Å². The fourth-order valence-electron chi connectivity index (χ4n) is 3.84. The molecular formula is C23H27ClN2O2. The Kier molecular flexibility index (Phi) is 7.12. The van der Waals surface area contributed by atoms with Crippen LogP contribution in [0.5, 0.6) is 0 Å². The summed E-state index contributed by atoms with van der Waals surface area (Å²) >= 11 is 6.20. The maximum Gasteiger partial charge on any atom is 0.293 e. The molecule has 1 aromatic heterocycles. The average molecular weight is 399 g/mol. The van der Waals surface area contributed by atoms with E-state index in [9.17, 15) is 4.79 Å². The standard InChI is InChI=1S/C20H21ClN2.C3H6O2/c1-23-12-11-16-17-13-15(21)8-9-18(17)22-20(16)19(23)10-7-14-5-3-2-4-6-14;1-2-5-3-4/h2-6,8-9,13,19,22H,7,10-12H2,1H3;3H,2H2,1H3. The number of H-pyrrole nitrogens is 1. The molecule has 2 heterocycles. The van der Waals surface area contributed by atoms with Gasteiger partial charge in [0.15, 0.2) is 0 Å². The highest BCUT2D eigenvalue weighted by Crippen LogP contribution is 2.36. The number of nitrogens with one attached hydrogen (secondary N) is 1. The predicted octanol–water partition coefficient (Wildman–Crippen LogP) is 5.16. The van der Waals surface area contributed by atoms with Crippen molar-refractivity contribution in [3.63, 3.8) is 0 Å². The smallest absolute Gasteiger partial charge is 0.293 e. The SMILES string of the molecule is CCOC=O.CN1CCc2c([nH]c3ccc(Cl)cc23)C1CCc1ccccc1. The molecule has 148 valence electrons. The number of aromatic amines is 1. The number of rotatable bonds is 5. The van der Waals surface area contributed by atoms with Crippen molar-refractivity contribution in [2.45, 2.75) is 32.2 Å². The molecule has 0 aliphatic carbocycles. The number of fused-ring (bicyclic) bond motifs is 3. The third-order valence-electron chi connectivity index (χ3n) is 5.26. The number of hydrogen-bond acceptors (Lipinski definition) is 3. The number of hydrogen-bond donors (Lipinski definition) is 1. The molecule has 1 N–H and O–H groups in total. The van der Waals surface area contributed by atoms with Gasteiger partial charge in [0.1, 0.15) is 0 Å². The Bertz CT molecular complexity index is 908. The summed E-state index contributed by atoms with van der Waals surface area (Å²) in [6, 6.07) is 17.4. The van der Waals surface area contributed by atoms with Crippen molar-refractivity contribution < 1.29 is 9.53 Å². The molecule has 3 aromatic rings. The third-order valence-corrected chi connectivity index (χ3v) is 5.50. The van der Waals surface area contributed by atoms with E-state index in [1.165, 1.54) is 27.7 Å². The van der Waals surface area contributed by atoms with Crippen LogP contribution in [0.25, 0.3) is 10.9 Å². The lowest BCUT2D eigenvalue weighted by Crippen LogP contribution is -2.32. The summed E-state index contributed by atoms with van der Waals surface area (Å²) in [4.78, 5) is 15.3. The molecule has 0 saturated carbocycles. The Morgan fingerprint density at radius 3 is 2.71 bits per heavy atom. The Morgan fingerprint density at radius 1 is 1.25 bits per heavy atom. The molecule has 1 unspecified atom stereocenters. The maximum absolute atomic E-state index is 9.18. The van der Waals surface area contributed by atoms with Crippen molar-refractivity contribution in [3.8, 4) is 0 Å². The second kappa shape index (κ2) is 9.76. The van der Waals surface area contributed by atoms with Crippen molar-refractivity contribution in [2.75, 3.05) is 20.2 Å². The van der Waals surface area contributed by atoms with Crippen molar-refractivity contribution >= 4 is 29.0 Å². The monoisotopic (exact) mass is 398 g/mol. The molecule has 0 amide bonds. The largest absolute Gasteiger partial charge is 0.468 e. The van der Waals surface area contributed by atoms with Gasteiger partial charge in [-0.25, -0.2) is 0 Å². The number of aryl methyl sites for hydroxylation is 1. The molecular weight excluding hydrogens is 372 g/mol. The molecule has 0 radical (unpaired) electrons. The molecule has 1 aliphatic rings. The zero-order valence-corrected chi connectivity index (χ0v) is 17.2. The van der Waals surface area contributed by atoms with Crippen molar-refractivity contribution in [2.24, 2.45) is 0 Å². The first-order chi connectivity index (χ1) is 13.6. The number of benzene rings is 2. The van der Waals surface area contributed by atoms with E-state index in [0.29, 0.717) is 19.1 Å². The summed E-state index contributed by atoms with van der Waals surface area (Å²) in [5.41, 5.74) is 5.46. The van der Waals surface area contributed by atoms with E-state index in [0.717, 1.165) is 30.8 Å². The van der Waals surface area contributed by atoms with Crippen LogP contribution >= 0.6 is 11.6 Å². The molecule has 2 aromatic carbocycles. The molecule has 0 saturated heterocycles. The van der Waals surface area contributed by atoms with Gasteiger partial charge in [0.05, 0.1) is 12.6 Å². The molecule has 0 fully saturated rings. The van der Waals surface area contributed by atoms with Crippen LogP contribution in [0.3, 0.4) is 0 Å². The molecule has 1 atom stereocenters. The van der Waals surface area contributed by atoms with E-state index >= 15 is 0 Å². The lowest BCUT2D eigenvalue weighted by Gasteiger charge is -2.33. The van der Waals surface area contributed by atoms with Gasteiger partial charge >= 0.3 is 0 Å². The average Bonchev–Trinajstić information content (AvgIpc) is 3.07. The van der Waals surface area contributed by atoms with E-state index < -0.39 is 0 Å². The number of ether oxygens (including phenoxy) is 1. The number of carbonyl (C=O) groups excluding carboxylic acids is 1. The van der Waals surface area contributed by atoms with Crippen molar-refractivity contribution in [1.29, 1.82) is 0 Å². The first-order valence-corrected chi connectivity index (χ1v) is 10.1. The Balaban J connectivity index is 0.000000403. The first-order valence-electron chi connectivity index (χ1n) is 9.73. The van der Waals surface area contributed by atoms with Crippen LogP contribution in [0.4, 0.5) is 0 Å². The van der Waals surface area contributed by atoms with Crippen molar-refractivity contribution in [1.82, 2.24) is 9.88 Å². The van der Waals surface area contributed by atoms with Gasteiger partial charge in [-0.1, -0.05) is 41.9 Å². The van der Waals surface area contributed by atoms with E-state index in [-0.39, 0.29) is 0 Å². The maximum atomic E-state index is 9.18. The minimum Gasteiger partial charge on any atom is -0.468 e. The van der Waals surface area contributed by atoms with Crippen LogP contribution in [-0.2, 0) is 22.4 Å². The van der Waals surface area contributed by atoms with Crippen LogP contribution < -0.4 is 0 Å². The Hall–Kier alpha value is -2.30. The number of nitrogens with zero attached hydrogens (tertiary/aromatic N) is 1. The summed E-state index contributed by atoms with van der Waals surface area (Å²) in [6.45, 7) is 3.77. The molecule has 0 spiro atoms. The van der Waals surface area contributed by atoms with E-state index in [4.69, 9.17) is 11.6 Å². The Morgan fingerprint density at radius 2 is 2.04 bits per heavy atom. The van der Waals surface area contributed by atoms with Gasteiger partial charge in [0.25, 0.3) is 6.47 Å². The second-order valence-corrected chi connectivity index (χ2v) is 7.47. The normalized spacial score (nSPS) is 16.2. The highest BCUT2D eigenvalue weighted by molar-refractivity contribution is 6.31. The minimum atomic E-state index is 0.431. The van der Waals surface area contributed by atoms with E-state index in [2.05, 4.69) is 64.1 Å². The molecule has 1 aliphatic heterocycles. The summed E-state index contributed by atoms with van der Waals surface area (Å²) < 4.78 is 4.15. The van der Waals surface area contributed by atoms with Crippen LogP contribution in [0, 0.1) is 0 Å². The van der Waals surface area contributed by atoms with Gasteiger partial charge in [-0.2, -0.15) is 0 Å². The fourth-order valence-corrected chi connectivity index (χ4v) is 4.01. The topological polar surface area (TPSA) is 45.3 Å². The predicted molar refractivity (Wildman–Crippen MR) is 115 cm³/mol. The minimum absolute atomic E-state index is 0.431. The summed E-state index contributed by atoms with van der Waals surface area (Å²) in [5, 5.41) is 2.12. The molecule has 5 heteroatoms. The number of likely N-dealkylation sites (N-methyl/N-ethyl adjacent to an activating group) is 1. The number of aromatic nitrogens is 1. The van der Waals surface area contributed by atoms with Gasteiger partial charge in [-0.3, -0.25) is 9.69 Å². The molecule has 28 heavy (non-hydrogen) atoms. The molecule has 0 bridgehead atoms. The molecule has 4 rings (SSSR count). The third kappa shape index (κ3) is 4.75. The summed E-state index contributed by atoms with van der Waals surface area (Å²) in [5.74, 6) is 0. The highest BCUT2D eigenvalue weighted by Gasteiger charge is 2.27. The van der Waals surface area contributed by atoms with E-state index in [1.54, 1.807) is 6.92 Å². The summed E-state index contributed by atoms with van der Waals surface area (Å²) in [7, 11) is 2.23. The highest BCUT2D eigenvalue weighted by atomic mass is 35.5. The van der Waals surface area contributed by atoms with Crippen LogP contribution in [0.2, 0.25) is 5.02 Å². The zero-order valence-electron chi connectivity index (χ0n) is 16.5.